The van der Waals surface area contributed by atoms with Crippen LogP contribution in [-0.4, -0.2) is 43.1 Å². The fraction of sp³-hybridized carbons (Fsp3) is 0.636. The topological polar surface area (TPSA) is 62.2 Å². The molecule has 96 valence electrons. The van der Waals surface area contributed by atoms with Gasteiger partial charge in [-0.2, -0.15) is 0 Å². The monoisotopic (exact) mass is 239 g/mol. The van der Waals surface area contributed by atoms with Gasteiger partial charge in [-0.25, -0.2) is 4.98 Å². The van der Waals surface area contributed by atoms with Crippen LogP contribution < -0.4 is 15.5 Å². The third kappa shape index (κ3) is 3.74. The van der Waals surface area contributed by atoms with Crippen LogP contribution in [0.1, 0.15) is 12.1 Å². The van der Waals surface area contributed by atoms with Crippen LogP contribution in [0.2, 0.25) is 0 Å². The van der Waals surface area contributed by atoms with Gasteiger partial charge < -0.3 is 20.1 Å². The van der Waals surface area contributed by atoms with E-state index in [1.165, 1.54) is 0 Å². The summed E-state index contributed by atoms with van der Waals surface area (Å²) in [6.07, 6.45) is 2.28. The van der Waals surface area contributed by atoms with Gasteiger partial charge in [0.1, 0.15) is 0 Å². The molecule has 17 heavy (non-hydrogen) atoms. The summed E-state index contributed by atoms with van der Waals surface area (Å²) in [5, 5.41) is 5.81. The van der Waals surface area contributed by atoms with E-state index in [2.05, 4.69) is 15.6 Å². The van der Waals surface area contributed by atoms with E-state index >= 15 is 0 Å². The van der Waals surface area contributed by atoms with E-state index in [9.17, 15) is 4.79 Å². The van der Waals surface area contributed by atoms with Gasteiger partial charge >= 0.3 is 0 Å². The minimum Gasteiger partial charge on any atom is -0.350 e. The molecule has 6 nitrogen and oxygen atoms in total. The fourth-order valence-corrected chi connectivity index (χ4v) is 1.53. The van der Waals surface area contributed by atoms with Crippen molar-refractivity contribution in [3.63, 3.8) is 0 Å². The van der Waals surface area contributed by atoms with Crippen molar-refractivity contribution in [3.05, 3.63) is 11.9 Å². The lowest BCUT2D eigenvalue weighted by molar-refractivity contribution is -0.121. The Morgan fingerprint density at radius 1 is 1.53 bits per heavy atom. The summed E-state index contributed by atoms with van der Waals surface area (Å²) in [6.45, 7) is 1.21. The lowest BCUT2D eigenvalue weighted by Gasteiger charge is -2.12. The molecule has 0 fully saturated rings. The molecule has 0 aliphatic heterocycles. The first kappa shape index (κ1) is 13.5. The molecule has 0 spiro atoms. The van der Waals surface area contributed by atoms with Crippen molar-refractivity contribution in [1.29, 1.82) is 0 Å². The van der Waals surface area contributed by atoms with Crippen molar-refractivity contribution in [3.8, 4) is 0 Å². The number of hydrogen-bond donors (Lipinski definition) is 2. The van der Waals surface area contributed by atoms with Crippen LogP contribution in [0.15, 0.2) is 6.20 Å². The Hall–Kier alpha value is -1.56. The summed E-state index contributed by atoms with van der Waals surface area (Å²) in [4.78, 5) is 17.7. The smallest absolute Gasteiger partial charge is 0.221 e. The minimum absolute atomic E-state index is 0.0481. The van der Waals surface area contributed by atoms with Gasteiger partial charge in [-0.3, -0.25) is 4.79 Å². The summed E-state index contributed by atoms with van der Waals surface area (Å²) in [6, 6.07) is 0. The Balaban J connectivity index is 2.49. The quantitative estimate of drug-likeness (QED) is 0.716. The number of amides is 1. The van der Waals surface area contributed by atoms with Gasteiger partial charge in [0.2, 0.25) is 11.9 Å². The second-order valence-electron chi connectivity index (χ2n) is 4.13. The summed E-state index contributed by atoms with van der Waals surface area (Å²) in [5.74, 6) is 0.927. The Bertz CT molecular complexity index is 372. The van der Waals surface area contributed by atoms with Gasteiger partial charge in [0.25, 0.3) is 0 Å². The van der Waals surface area contributed by atoms with Gasteiger partial charge in [-0.15, -0.1) is 0 Å². The van der Waals surface area contributed by atoms with Crippen LogP contribution in [-0.2, 0) is 18.4 Å². The van der Waals surface area contributed by atoms with Crippen LogP contribution >= 0.6 is 0 Å². The molecule has 0 aliphatic rings. The minimum atomic E-state index is 0.0481. The molecule has 1 rings (SSSR count). The number of aromatic nitrogens is 2. The van der Waals surface area contributed by atoms with E-state index in [0.717, 1.165) is 11.6 Å². The highest BCUT2D eigenvalue weighted by atomic mass is 16.1. The van der Waals surface area contributed by atoms with Crippen molar-refractivity contribution < 1.29 is 4.79 Å². The number of hydrogen-bond acceptors (Lipinski definition) is 4. The van der Waals surface area contributed by atoms with Crippen molar-refractivity contribution >= 4 is 11.9 Å². The Morgan fingerprint density at radius 2 is 2.24 bits per heavy atom. The fourth-order valence-electron chi connectivity index (χ4n) is 1.53. The number of anilines is 1. The standard InChI is InChI=1S/C11H21N5O/c1-12-6-5-10(17)13-7-9-8-14-11(15(2)3)16(9)4/h8,12H,5-7H2,1-4H3,(H,13,17). The second-order valence-corrected chi connectivity index (χ2v) is 4.13. The largest absolute Gasteiger partial charge is 0.350 e. The van der Waals surface area contributed by atoms with Crippen LogP contribution in [0.5, 0.6) is 0 Å². The van der Waals surface area contributed by atoms with Crippen molar-refractivity contribution in [2.45, 2.75) is 13.0 Å². The number of nitrogens with zero attached hydrogens (tertiary/aromatic N) is 3. The van der Waals surface area contributed by atoms with Gasteiger partial charge in [-0.05, 0) is 7.05 Å². The van der Waals surface area contributed by atoms with E-state index in [0.29, 0.717) is 19.5 Å². The van der Waals surface area contributed by atoms with Crippen molar-refractivity contribution in [1.82, 2.24) is 20.2 Å². The summed E-state index contributed by atoms with van der Waals surface area (Å²) in [5.41, 5.74) is 0.992. The van der Waals surface area contributed by atoms with Gasteiger partial charge in [0.15, 0.2) is 0 Å². The first-order chi connectivity index (χ1) is 8.06. The number of nitrogens with one attached hydrogen (secondary N) is 2. The molecule has 0 atom stereocenters. The maximum atomic E-state index is 11.4. The van der Waals surface area contributed by atoms with Crippen LogP contribution in [0.4, 0.5) is 5.95 Å². The van der Waals surface area contributed by atoms with E-state index in [4.69, 9.17) is 0 Å². The van der Waals surface area contributed by atoms with Crippen molar-refractivity contribution in [2.75, 3.05) is 32.6 Å². The maximum absolute atomic E-state index is 11.4. The molecule has 6 heteroatoms. The zero-order valence-electron chi connectivity index (χ0n) is 10.9. The van der Waals surface area contributed by atoms with Gasteiger partial charge in [-0.1, -0.05) is 0 Å². The molecule has 1 amide bonds. The Morgan fingerprint density at radius 3 is 2.76 bits per heavy atom. The molecule has 0 aromatic carbocycles. The highest BCUT2D eigenvalue weighted by molar-refractivity contribution is 5.76. The molecule has 1 heterocycles. The molecule has 0 aliphatic carbocycles. The highest BCUT2D eigenvalue weighted by Crippen LogP contribution is 2.10. The molecule has 1 aromatic rings. The summed E-state index contributed by atoms with van der Waals surface area (Å²) in [7, 11) is 7.66. The average molecular weight is 239 g/mol. The number of rotatable bonds is 6. The molecule has 0 unspecified atom stereocenters. The van der Waals surface area contributed by atoms with Gasteiger partial charge in [0, 0.05) is 34.1 Å². The third-order valence-electron chi connectivity index (χ3n) is 2.53. The van der Waals surface area contributed by atoms with Crippen LogP contribution in [0.3, 0.4) is 0 Å². The molecule has 0 saturated heterocycles. The zero-order chi connectivity index (χ0) is 12.8. The molecule has 0 radical (unpaired) electrons. The van der Waals surface area contributed by atoms with E-state index in [-0.39, 0.29) is 5.91 Å². The molecule has 2 N–H and O–H groups in total. The zero-order valence-corrected chi connectivity index (χ0v) is 10.9. The van der Waals surface area contributed by atoms with Crippen molar-refractivity contribution in [2.24, 2.45) is 7.05 Å². The molecular formula is C11H21N5O. The molecular weight excluding hydrogens is 218 g/mol. The van der Waals surface area contributed by atoms with E-state index < -0.39 is 0 Å². The van der Waals surface area contributed by atoms with Crippen LogP contribution in [0.25, 0.3) is 0 Å². The lowest BCUT2D eigenvalue weighted by Crippen LogP contribution is -2.27. The first-order valence-electron chi connectivity index (χ1n) is 5.65. The summed E-state index contributed by atoms with van der Waals surface area (Å²) < 4.78 is 1.97. The number of carbonyl (C=O) groups is 1. The molecule has 0 saturated carbocycles. The highest BCUT2D eigenvalue weighted by Gasteiger charge is 2.08. The maximum Gasteiger partial charge on any atom is 0.221 e. The normalized spacial score (nSPS) is 10.4. The second kappa shape index (κ2) is 6.24. The van der Waals surface area contributed by atoms with E-state index in [1.807, 2.05) is 37.7 Å². The van der Waals surface area contributed by atoms with E-state index in [1.54, 1.807) is 6.20 Å². The molecule has 1 aromatic heterocycles. The third-order valence-corrected chi connectivity index (χ3v) is 2.53. The SMILES string of the molecule is CNCCC(=O)NCc1cnc(N(C)C)n1C. The number of carbonyl (C=O) groups excluding carboxylic acids is 1. The predicted molar refractivity (Wildman–Crippen MR) is 67.9 cm³/mol. The predicted octanol–water partition coefficient (Wildman–Crippen LogP) is -0.288. The average Bonchev–Trinajstić information content (AvgIpc) is 2.65. The van der Waals surface area contributed by atoms with Crippen LogP contribution in [0, 0.1) is 0 Å². The molecule has 0 bridgehead atoms. The lowest BCUT2D eigenvalue weighted by atomic mass is 10.3. The first-order valence-corrected chi connectivity index (χ1v) is 5.65. The number of imidazole rings is 1. The summed E-state index contributed by atoms with van der Waals surface area (Å²) >= 11 is 0. The Kier molecular flexibility index (Phi) is 4.96. The Labute approximate surface area is 102 Å². The van der Waals surface area contributed by atoms with Gasteiger partial charge in [0.05, 0.1) is 18.4 Å².